The lowest BCUT2D eigenvalue weighted by Crippen LogP contribution is -2.27. The van der Waals surface area contributed by atoms with Gasteiger partial charge in [0.25, 0.3) is 0 Å². The summed E-state index contributed by atoms with van der Waals surface area (Å²) in [6.07, 6.45) is 0. The Labute approximate surface area is 119 Å². The molecule has 1 amide bonds. The number of hydrogen-bond donors (Lipinski definition) is 2. The lowest BCUT2D eigenvalue weighted by atomic mass is 10.0. The average molecular weight is 268 g/mol. The van der Waals surface area contributed by atoms with Crippen LogP contribution in [-0.4, -0.2) is 5.91 Å². The van der Waals surface area contributed by atoms with Crippen LogP contribution >= 0.6 is 0 Å². The Bertz CT molecular complexity index is 561. The number of rotatable bonds is 5. The van der Waals surface area contributed by atoms with Gasteiger partial charge in [0, 0.05) is 5.69 Å². The molecule has 2 aromatic carbocycles. The Morgan fingerprint density at radius 1 is 0.950 bits per heavy atom. The summed E-state index contributed by atoms with van der Waals surface area (Å²) in [6.45, 7) is 4.30. The van der Waals surface area contributed by atoms with Gasteiger partial charge in [-0.3, -0.25) is 4.79 Å². The van der Waals surface area contributed by atoms with Crippen LogP contribution in [0, 0.1) is 0 Å². The molecule has 104 valence electrons. The third kappa shape index (κ3) is 3.38. The SMILES string of the molecule is CC(C)c1ccc(N[C@@H](C(N)=O)c2ccccc2)cc1. The number of carbonyl (C=O) groups excluding carboxylic acids is 1. The van der Waals surface area contributed by atoms with Crippen molar-refractivity contribution >= 4 is 11.6 Å². The molecule has 0 saturated carbocycles. The van der Waals surface area contributed by atoms with Crippen LogP contribution in [0.3, 0.4) is 0 Å². The number of benzene rings is 2. The molecule has 0 bridgehead atoms. The van der Waals surface area contributed by atoms with Gasteiger partial charge in [0.15, 0.2) is 0 Å². The smallest absolute Gasteiger partial charge is 0.244 e. The van der Waals surface area contributed by atoms with E-state index < -0.39 is 6.04 Å². The van der Waals surface area contributed by atoms with Crippen LogP contribution in [0.4, 0.5) is 5.69 Å². The highest BCUT2D eigenvalue weighted by molar-refractivity contribution is 5.84. The van der Waals surface area contributed by atoms with E-state index in [0.717, 1.165) is 11.3 Å². The van der Waals surface area contributed by atoms with Gasteiger partial charge in [-0.25, -0.2) is 0 Å². The van der Waals surface area contributed by atoms with Crippen LogP contribution in [0.15, 0.2) is 54.6 Å². The summed E-state index contributed by atoms with van der Waals surface area (Å²) < 4.78 is 0. The molecule has 2 rings (SSSR count). The van der Waals surface area contributed by atoms with Gasteiger partial charge in [0.1, 0.15) is 6.04 Å². The highest BCUT2D eigenvalue weighted by Crippen LogP contribution is 2.22. The van der Waals surface area contributed by atoms with Crippen molar-refractivity contribution in [1.82, 2.24) is 0 Å². The van der Waals surface area contributed by atoms with E-state index in [1.807, 2.05) is 42.5 Å². The zero-order valence-electron chi connectivity index (χ0n) is 11.8. The second-order valence-corrected chi connectivity index (χ2v) is 5.17. The van der Waals surface area contributed by atoms with Gasteiger partial charge < -0.3 is 11.1 Å². The second kappa shape index (κ2) is 6.24. The van der Waals surface area contributed by atoms with E-state index in [1.54, 1.807) is 0 Å². The fourth-order valence-corrected chi connectivity index (χ4v) is 2.10. The largest absolute Gasteiger partial charge is 0.370 e. The Morgan fingerprint density at radius 3 is 2.05 bits per heavy atom. The predicted octanol–water partition coefficient (Wildman–Crippen LogP) is 3.45. The number of amides is 1. The summed E-state index contributed by atoms with van der Waals surface area (Å²) in [7, 11) is 0. The van der Waals surface area contributed by atoms with Crippen LogP contribution in [0.2, 0.25) is 0 Å². The molecule has 0 fully saturated rings. The second-order valence-electron chi connectivity index (χ2n) is 5.17. The van der Waals surface area contributed by atoms with E-state index in [-0.39, 0.29) is 5.91 Å². The first-order valence-electron chi connectivity index (χ1n) is 6.78. The molecule has 3 heteroatoms. The molecular formula is C17H20N2O. The number of carbonyl (C=O) groups is 1. The molecule has 0 radical (unpaired) electrons. The third-order valence-corrected chi connectivity index (χ3v) is 3.31. The summed E-state index contributed by atoms with van der Waals surface area (Å²) in [4.78, 5) is 11.6. The molecular weight excluding hydrogens is 248 g/mol. The fraction of sp³-hybridized carbons (Fsp3) is 0.235. The lowest BCUT2D eigenvalue weighted by Gasteiger charge is -2.17. The minimum absolute atomic E-state index is 0.385. The topological polar surface area (TPSA) is 55.1 Å². The van der Waals surface area contributed by atoms with E-state index in [9.17, 15) is 4.79 Å². The van der Waals surface area contributed by atoms with Gasteiger partial charge in [0.2, 0.25) is 5.91 Å². The van der Waals surface area contributed by atoms with Crippen LogP contribution in [0.5, 0.6) is 0 Å². The van der Waals surface area contributed by atoms with Crippen molar-refractivity contribution in [1.29, 1.82) is 0 Å². The summed E-state index contributed by atoms with van der Waals surface area (Å²) >= 11 is 0. The van der Waals surface area contributed by atoms with Crippen molar-refractivity contribution in [2.75, 3.05) is 5.32 Å². The monoisotopic (exact) mass is 268 g/mol. The minimum Gasteiger partial charge on any atom is -0.370 e. The number of hydrogen-bond acceptors (Lipinski definition) is 2. The van der Waals surface area contributed by atoms with Crippen LogP contribution in [-0.2, 0) is 4.79 Å². The van der Waals surface area contributed by atoms with E-state index in [1.165, 1.54) is 5.56 Å². The van der Waals surface area contributed by atoms with Crippen LogP contribution < -0.4 is 11.1 Å². The van der Waals surface area contributed by atoms with Gasteiger partial charge in [-0.1, -0.05) is 56.3 Å². The Kier molecular flexibility index (Phi) is 4.41. The number of anilines is 1. The fourth-order valence-electron chi connectivity index (χ4n) is 2.10. The zero-order chi connectivity index (χ0) is 14.5. The van der Waals surface area contributed by atoms with Crippen molar-refractivity contribution in [3.8, 4) is 0 Å². The van der Waals surface area contributed by atoms with Crippen molar-refractivity contribution in [3.05, 3.63) is 65.7 Å². The summed E-state index contributed by atoms with van der Waals surface area (Å²) in [5.41, 5.74) is 8.52. The molecule has 0 saturated heterocycles. The molecule has 2 aromatic rings. The molecule has 3 nitrogen and oxygen atoms in total. The standard InChI is InChI=1S/C17H20N2O/c1-12(2)13-8-10-15(11-9-13)19-16(17(18)20)14-6-4-3-5-7-14/h3-12,16,19H,1-2H3,(H2,18,20)/t16-/m1/s1. The van der Waals surface area contributed by atoms with Crippen molar-refractivity contribution in [2.24, 2.45) is 5.73 Å². The quantitative estimate of drug-likeness (QED) is 0.872. The van der Waals surface area contributed by atoms with Gasteiger partial charge in [0.05, 0.1) is 0 Å². The number of nitrogens with two attached hydrogens (primary N) is 1. The molecule has 1 atom stereocenters. The first kappa shape index (κ1) is 14.1. The molecule has 3 N–H and O–H groups in total. The Morgan fingerprint density at radius 2 is 1.55 bits per heavy atom. The normalized spacial score (nSPS) is 12.2. The number of primary amides is 1. The maximum Gasteiger partial charge on any atom is 0.244 e. The van der Waals surface area contributed by atoms with Gasteiger partial charge >= 0.3 is 0 Å². The van der Waals surface area contributed by atoms with Gasteiger partial charge in [-0.15, -0.1) is 0 Å². The molecule has 20 heavy (non-hydrogen) atoms. The molecule has 0 aliphatic rings. The molecule has 0 heterocycles. The van der Waals surface area contributed by atoms with Gasteiger partial charge in [-0.2, -0.15) is 0 Å². The molecule has 0 unspecified atom stereocenters. The maximum atomic E-state index is 11.6. The first-order chi connectivity index (χ1) is 9.58. The van der Waals surface area contributed by atoms with Crippen molar-refractivity contribution in [2.45, 2.75) is 25.8 Å². The van der Waals surface area contributed by atoms with E-state index in [2.05, 4.69) is 31.3 Å². The highest BCUT2D eigenvalue weighted by atomic mass is 16.1. The van der Waals surface area contributed by atoms with Crippen LogP contribution in [0.1, 0.15) is 36.9 Å². The molecule has 0 spiro atoms. The van der Waals surface area contributed by atoms with Crippen molar-refractivity contribution < 1.29 is 4.79 Å². The maximum absolute atomic E-state index is 11.6. The van der Waals surface area contributed by atoms with Crippen molar-refractivity contribution in [3.63, 3.8) is 0 Å². The third-order valence-electron chi connectivity index (χ3n) is 3.31. The Hall–Kier alpha value is -2.29. The van der Waals surface area contributed by atoms with E-state index in [4.69, 9.17) is 5.73 Å². The zero-order valence-corrected chi connectivity index (χ0v) is 11.8. The summed E-state index contributed by atoms with van der Waals surface area (Å²) in [5.74, 6) is 0.106. The molecule has 0 aliphatic carbocycles. The average Bonchev–Trinajstić information content (AvgIpc) is 2.46. The lowest BCUT2D eigenvalue weighted by molar-refractivity contribution is -0.118. The predicted molar refractivity (Wildman–Crippen MR) is 82.5 cm³/mol. The highest BCUT2D eigenvalue weighted by Gasteiger charge is 2.17. The van der Waals surface area contributed by atoms with E-state index in [0.29, 0.717) is 5.92 Å². The minimum atomic E-state index is -0.513. The van der Waals surface area contributed by atoms with Crippen LogP contribution in [0.25, 0.3) is 0 Å². The van der Waals surface area contributed by atoms with E-state index >= 15 is 0 Å². The number of nitrogens with one attached hydrogen (secondary N) is 1. The Balaban J connectivity index is 2.19. The molecule has 0 aliphatic heterocycles. The summed E-state index contributed by atoms with van der Waals surface area (Å²) in [6, 6.07) is 17.1. The molecule has 0 aromatic heterocycles. The van der Waals surface area contributed by atoms with Gasteiger partial charge in [-0.05, 0) is 29.2 Å². The first-order valence-corrected chi connectivity index (χ1v) is 6.78. The summed E-state index contributed by atoms with van der Waals surface area (Å²) in [5, 5.41) is 3.19.